The average molecular weight is 245 g/mol. The summed E-state index contributed by atoms with van der Waals surface area (Å²) in [7, 11) is 0. The lowest BCUT2D eigenvalue weighted by atomic mass is 9.98. The number of aryl methyl sites for hydroxylation is 1. The number of carbonyl (C=O) groups excluding carboxylic acids is 1. The van der Waals surface area contributed by atoms with Crippen molar-refractivity contribution in [1.82, 2.24) is 0 Å². The van der Waals surface area contributed by atoms with Crippen LogP contribution in [0.1, 0.15) is 17.0 Å². The van der Waals surface area contributed by atoms with Crippen molar-refractivity contribution < 1.29 is 9.18 Å². The van der Waals surface area contributed by atoms with Gasteiger partial charge in [-0.25, -0.2) is 4.39 Å². The molecule has 0 bridgehead atoms. The minimum Gasteiger partial charge on any atom is -0.303 e. The van der Waals surface area contributed by atoms with E-state index in [9.17, 15) is 9.18 Å². The summed E-state index contributed by atoms with van der Waals surface area (Å²) >= 11 is 3.22. The van der Waals surface area contributed by atoms with E-state index in [1.54, 1.807) is 6.07 Å². The van der Waals surface area contributed by atoms with Gasteiger partial charge in [-0.1, -0.05) is 22.0 Å². The Hall–Kier alpha value is -0.700. The maximum atomic E-state index is 12.8. The van der Waals surface area contributed by atoms with Crippen LogP contribution in [0, 0.1) is 12.7 Å². The summed E-state index contributed by atoms with van der Waals surface area (Å²) in [5.74, 6) is -0.552. The fraction of sp³-hybridized carbons (Fsp3) is 0.300. The highest BCUT2D eigenvalue weighted by atomic mass is 79.9. The molecule has 0 N–H and O–H groups in total. The topological polar surface area (TPSA) is 17.1 Å². The number of aldehydes is 1. The van der Waals surface area contributed by atoms with Crippen LogP contribution in [0.3, 0.4) is 0 Å². The quantitative estimate of drug-likeness (QED) is 0.591. The molecule has 1 aromatic carbocycles. The average Bonchev–Trinajstić information content (AvgIpc) is 2.13. The monoisotopic (exact) mass is 244 g/mol. The van der Waals surface area contributed by atoms with Crippen molar-refractivity contribution >= 4 is 22.2 Å². The largest absolute Gasteiger partial charge is 0.303 e. The molecule has 0 aliphatic rings. The number of hydrogen-bond acceptors (Lipinski definition) is 1. The summed E-state index contributed by atoms with van der Waals surface area (Å²) in [5, 5.41) is 0.529. The Bertz CT molecular complexity index is 312. The highest BCUT2D eigenvalue weighted by Crippen LogP contribution is 2.20. The first-order valence-corrected chi connectivity index (χ1v) is 5.08. The van der Waals surface area contributed by atoms with Gasteiger partial charge in [-0.05, 0) is 30.2 Å². The van der Waals surface area contributed by atoms with E-state index in [0.29, 0.717) is 5.33 Å². The molecule has 3 heteroatoms. The predicted molar refractivity (Wildman–Crippen MR) is 53.7 cm³/mol. The van der Waals surface area contributed by atoms with Gasteiger partial charge in [-0.3, -0.25) is 0 Å². The lowest BCUT2D eigenvalue weighted by Crippen LogP contribution is -2.04. The molecule has 0 aromatic heterocycles. The standard InChI is InChI=1S/C10H10BrFO/c1-7-2-3-9(12)4-10(7)8(5-11)6-13/h2-4,6,8H,5H2,1H3. The molecule has 0 amide bonds. The van der Waals surface area contributed by atoms with Crippen molar-refractivity contribution in [3.63, 3.8) is 0 Å². The van der Waals surface area contributed by atoms with Crippen LogP contribution in [0.4, 0.5) is 4.39 Å². The number of hydrogen-bond donors (Lipinski definition) is 0. The van der Waals surface area contributed by atoms with E-state index >= 15 is 0 Å². The van der Waals surface area contributed by atoms with Gasteiger partial charge in [-0.15, -0.1) is 0 Å². The lowest BCUT2D eigenvalue weighted by molar-refractivity contribution is -0.108. The summed E-state index contributed by atoms with van der Waals surface area (Å²) in [5.41, 5.74) is 1.70. The van der Waals surface area contributed by atoms with Crippen LogP contribution in [-0.2, 0) is 4.79 Å². The van der Waals surface area contributed by atoms with Gasteiger partial charge in [0.25, 0.3) is 0 Å². The van der Waals surface area contributed by atoms with E-state index in [0.717, 1.165) is 17.4 Å². The van der Waals surface area contributed by atoms with Crippen LogP contribution in [-0.4, -0.2) is 11.6 Å². The maximum Gasteiger partial charge on any atom is 0.128 e. The smallest absolute Gasteiger partial charge is 0.128 e. The summed E-state index contributed by atoms with van der Waals surface area (Å²) in [4.78, 5) is 10.6. The predicted octanol–water partition coefficient (Wildman–Crippen LogP) is 2.81. The Balaban J connectivity index is 3.10. The molecular formula is C10H10BrFO. The third kappa shape index (κ3) is 2.37. The third-order valence-electron chi connectivity index (χ3n) is 1.97. The molecule has 70 valence electrons. The molecule has 1 rings (SSSR count). The Morgan fingerprint density at radius 2 is 2.31 bits per heavy atom. The highest BCUT2D eigenvalue weighted by molar-refractivity contribution is 9.09. The van der Waals surface area contributed by atoms with E-state index < -0.39 is 0 Å². The lowest BCUT2D eigenvalue weighted by Gasteiger charge is -2.10. The van der Waals surface area contributed by atoms with E-state index in [1.165, 1.54) is 12.1 Å². The van der Waals surface area contributed by atoms with Gasteiger partial charge in [-0.2, -0.15) is 0 Å². The molecule has 0 aliphatic carbocycles. The minimum absolute atomic E-state index is 0.254. The molecule has 13 heavy (non-hydrogen) atoms. The first kappa shape index (κ1) is 10.4. The van der Waals surface area contributed by atoms with Crippen molar-refractivity contribution in [1.29, 1.82) is 0 Å². The Morgan fingerprint density at radius 1 is 1.62 bits per heavy atom. The first-order chi connectivity index (χ1) is 6.19. The normalized spacial score (nSPS) is 12.5. The summed E-state index contributed by atoms with van der Waals surface area (Å²) in [6.07, 6.45) is 0.830. The number of carbonyl (C=O) groups is 1. The molecule has 0 radical (unpaired) electrons. The fourth-order valence-corrected chi connectivity index (χ4v) is 1.70. The number of halogens is 2. The molecule has 0 fully saturated rings. The molecule has 1 nitrogen and oxygen atoms in total. The van der Waals surface area contributed by atoms with Gasteiger partial charge < -0.3 is 4.79 Å². The second-order valence-electron chi connectivity index (χ2n) is 2.90. The molecule has 0 aliphatic heterocycles. The SMILES string of the molecule is Cc1ccc(F)cc1C(C=O)CBr. The second-order valence-corrected chi connectivity index (χ2v) is 3.55. The fourth-order valence-electron chi connectivity index (χ4n) is 1.20. The summed E-state index contributed by atoms with van der Waals surface area (Å²) in [6.45, 7) is 1.87. The van der Waals surface area contributed by atoms with Gasteiger partial charge >= 0.3 is 0 Å². The molecule has 0 spiro atoms. The first-order valence-electron chi connectivity index (χ1n) is 3.96. The number of rotatable bonds is 3. The van der Waals surface area contributed by atoms with Crippen LogP contribution in [0.2, 0.25) is 0 Å². The van der Waals surface area contributed by atoms with Crippen molar-refractivity contribution in [2.45, 2.75) is 12.8 Å². The van der Waals surface area contributed by atoms with Crippen LogP contribution in [0.5, 0.6) is 0 Å². The Kier molecular flexibility index (Phi) is 3.60. The van der Waals surface area contributed by atoms with Crippen molar-refractivity contribution in [3.05, 3.63) is 35.1 Å². The molecule has 0 saturated heterocycles. The van der Waals surface area contributed by atoms with Gasteiger partial charge in [0.05, 0.1) is 0 Å². The highest BCUT2D eigenvalue weighted by Gasteiger charge is 2.11. The van der Waals surface area contributed by atoms with Crippen molar-refractivity contribution in [2.24, 2.45) is 0 Å². The molecule has 1 aromatic rings. The number of alkyl halides is 1. The van der Waals surface area contributed by atoms with Crippen LogP contribution >= 0.6 is 15.9 Å². The zero-order valence-corrected chi connectivity index (χ0v) is 8.84. The Labute approximate surface area is 85.1 Å². The van der Waals surface area contributed by atoms with E-state index in [-0.39, 0.29) is 11.7 Å². The minimum atomic E-state index is -0.298. The van der Waals surface area contributed by atoms with Crippen molar-refractivity contribution in [3.8, 4) is 0 Å². The molecule has 1 atom stereocenters. The van der Waals surface area contributed by atoms with Crippen LogP contribution in [0.15, 0.2) is 18.2 Å². The van der Waals surface area contributed by atoms with E-state index in [2.05, 4.69) is 15.9 Å². The van der Waals surface area contributed by atoms with E-state index in [1.807, 2.05) is 6.92 Å². The maximum absolute atomic E-state index is 12.8. The van der Waals surface area contributed by atoms with Gasteiger partial charge in [0.15, 0.2) is 0 Å². The number of benzene rings is 1. The summed E-state index contributed by atoms with van der Waals surface area (Å²) in [6, 6.07) is 4.49. The zero-order chi connectivity index (χ0) is 9.84. The molecule has 0 heterocycles. The molecule has 1 unspecified atom stereocenters. The van der Waals surface area contributed by atoms with Crippen LogP contribution < -0.4 is 0 Å². The van der Waals surface area contributed by atoms with Crippen molar-refractivity contribution in [2.75, 3.05) is 5.33 Å². The van der Waals surface area contributed by atoms with E-state index in [4.69, 9.17) is 0 Å². The summed E-state index contributed by atoms with van der Waals surface area (Å²) < 4.78 is 12.8. The second kappa shape index (κ2) is 4.51. The van der Waals surface area contributed by atoms with Crippen LogP contribution in [0.25, 0.3) is 0 Å². The molecular weight excluding hydrogens is 235 g/mol. The zero-order valence-electron chi connectivity index (χ0n) is 7.26. The Morgan fingerprint density at radius 3 is 2.85 bits per heavy atom. The van der Waals surface area contributed by atoms with Gasteiger partial charge in [0, 0.05) is 11.2 Å². The third-order valence-corrected chi connectivity index (χ3v) is 2.67. The molecule has 0 saturated carbocycles. The van der Waals surface area contributed by atoms with Gasteiger partial charge in [0.1, 0.15) is 12.1 Å². The van der Waals surface area contributed by atoms with Gasteiger partial charge in [0.2, 0.25) is 0 Å².